The molecule has 0 aromatic carbocycles. The third-order valence-corrected chi connectivity index (χ3v) is 2.78. The first-order valence-electron chi connectivity index (χ1n) is 6.11. The molecule has 0 saturated carbocycles. The topological polar surface area (TPSA) is 72.1 Å². The first kappa shape index (κ1) is 13.0. The van der Waals surface area contributed by atoms with Gasteiger partial charge in [0, 0.05) is 25.5 Å². The van der Waals surface area contributed by atoms with Crippen LogP contribution >= 0.6 is 0 Å². The van der Waals surface area contributed by atoms with Gasteiger partial charge in [0.1, 0.15) is 11.5 Å². The molecular formula is C14H16N4O. The van der Waals surface area contributed by atoms with Crippen LogP contribution in [-0.4, -0.2) is 27.3 Å². The van der Waals surface area contributed by atoms with Gasteiger partial charge in [-0.15, -0.1) is 0 Å². The van der Waals surface area contributed by atoms with Gasteiger partial charge in [0.25, 0.3) is 5.91 Å². The summed E-state index contributed by atoms with van der Waals surface area (Å²) >= 11 is 0. The molecule has 5 heteroatoms. The second kappa shape index (κ2) is 5.95. The number of pyridine rings is 2. The summed E-state index contributed by atoms with van der Waals surface area (Å²) in [5.74, 6) is 0.234. The van der Waals surface area contributed by atoms with Gasteiger partial charge in [-0.05, 0) is 36.8 Å². The van der Waals surface area contributed by atoms with Crippen molar-refractivity contribution in [1.29, 1.82) is 0 Å². The second-order valence-corrected chi connectivity index (χ2v) is 4.12. The van der Waals surface area contributed by atoms with Crippen molar-refractivity contribution in [1.82, 2.24) is 14.9 Å². The number of nitrogens with zero attached hydrogens (tertiary/aromatic N) is 3. The van der Waals surface area contributed by atoms with Crippen molar-refractivity contribution in [2.45, 2.75) is 13.5 Å². The first-order chi connectivity index (χ1) is 9.20. The minimum atomic E-state index is -0.119. The highest BCUT2D eigenvalue weighted by Gasteiger charge is 2.15. The molecule has 2 aromatic heterocycles. The van der Waals surface area contributed by atoms with E-state index in [-0.39, 0.29) is 5.91 Å². The van der Waals surface area contributed by atoms with E-state index in [9.17, 15) is 4.79 Å². The van der Waals surface area contributed by atoms with Crippen LogP contribution in [0.5, 0.6) is 0 Å². The lowest BCUT2D eigenvalue weighted by molar-refractivity contribution is 0.0747. The number of carbonyl (C=O) groups excluding carboxylic acids is 1. The van der Waals surface area contributed by atoms with E-state index in [4.69, 9.17) is 5.73 Å². The second-order valence-electron chi connectivity index (χ2n) is 4.12. The predicted octanol–water partition coefficient (Wildman–Crippen LogP) is 1.72. The van der Waals surface area contributed by atoms with Crippen LogP contribution < -0.4 is 5.73 Å². The molecule has 5 nitrogen and oxygen atoms in total. The zero-order chi connectivity index (χ0) is 13.7. The van der Waals surface area contributed by atoms with Gasteiger partial charge in [-0.25, -0.2) is 4.98 Å². The van der Waals surface area contributed by atoms with E-state index in [1.807, 2.05) is 19.1 Å². The normalized spacial score (nSPS) is 10.2. The zero-order valence-corrected chi connectivity index (χ0v) is 10.8. The van der Waals surface area contributed by atoms with E-state index in [1.165, 1.54) is 0 Å². The minimum absolute atomic E-state index is 0.119. The molecular weight excluding hydrogens is 240 g/mol. The molecule has 0 spiro atoms. The van der Waals surface area contributed by atoms with Crippen LogP contribution in [-0.2, 0) is 6.54 Å². The minimum Gasteiger partial charge on any atom is -0.384 e. The smallest absolute Gasteiger partial charge is 0.272 e. The number of amides is 1. The van der Waals surface area contributed by atoms with Gasteiger partial charge < -0.3 is 10.6 Å². The van der Waals surface area contributed by atoms with Gasteiger partial charge in [0.15, 0.2) is 0 Å². The molecule has 0 aliphatic heterocycles. The van der Waals surface area contributed by atoms with Gasteiger partial charge in [0.2, 0.25) is 0 Å². The van der Waals surface area contributed by atoms with Gasteiger partial charge in [-0.3, -0.25) is 9.78 Å². The van der Waals surface area contributed by atoms with Crippen LogP contribution in [0.15, 0.2) is 42.7 Å². The Morgan fingerprint density at radius 3 is 2.63 bits per heavy atom. The first-order valence-corrected chi connectivity index (χ1v) is 6.11. The maximum Gasteiger partial charge on any atom is 0.272 e. The monoisotopic (exact) mass is 256 g/mol. The summed E-state index contributed by atoms with van der Waals surface area (Å²) in [5, 5.41) is 0. The van der Waals surface area contributed by atoms with E-state index in [2.05, 4.69) is 9.97 Å². The molecule has 0 radical (unpaired) electrons. The molecule has 2 N–H and O–H groups in total. The molecule has 2 heterocycles. The SMILES string of the molecule is CCN(Cc1ccncc1)C(=O)c1cccc(N)n1. The van der Waals surface area contributed by atoms with Gasteiger partial charge in [0.05, 0.1) is 0 Å². The highest BCUT2D eigenvalue weighted by molar-refractivity contribution is 5.92. The average Bonchev–Trinajstić information content (AvgIpc) is 2.45. The van der Waals surface area contributed by atoms with Gasteiger partial charge in [-0.2, -0.15) is 0 Å². The largest absolute Gasteiger partial charge is 0.384 e. The Morgan fingerprint density at radius 1 is 1.26 bits per heavy atom. The quantitative estimate of drug-likeness (QED) is 0.904. The molecule has 19 heavy (non-hydrogen) atoms. The number of nitrogen functional groups attached to an aromatic ring is 1. The molecule has 0 bridgehead atoms. The molecule has 98 valence electrons. The van der Waals surface area contributed by atoms with Crippen LogP contribution in [0.2, 0.25) is 0 Å². The molecule has 1 amide bonds. The van der Waals surface area contributed by atoms with Crippen molar-refractivity contribution in [2.75, 3.05) is 12.3 Å². The van der Waals surface area contributed by atoms with E-state index in [0.29, 0.717) is 24.6 Å². The highest BCUT2D eigenvalue weighted by atomic mass is 16.2. The van der Waals surface area contributed by atoms with E-state index in [0.717, 1.165) is 5.56 Å². The summed E-state index contributed by atoms with van der Waals surface area (Å²) in [5.41, 5.74) is 7.01. The van der Waals surface area contributed by atoms with Crippen molar-refractivity contribution in [3.05, 3.63) is 54.0 Å². The van der Waals surface area contributed by atoms with E-state index < -0.39 is 0 Å². The Morgan fingerprint density at radius 2 is 2.00 bits per heavy atom. The fourth-order valence-electron chi connectivity index (χ4n) is 1.77. The van der Waals surface area contributed by atoms with Crippen LogP contribution in [0.3, 0.4) is 0 Å². The van der Waals surface area contributed by atoms with Crippen molar-refractivity contribution in [3.63, 3.8) is 0 Å². The summed E-state index contributed by atoms with van der Waals surface area (Å²) in [6.07, 6.45) is 3.43. The highest BCUT2D eigenvalue weighted by Crippen LogP contribution is 2.09. The molecule has 0 aliphatic carbocycles. The Hall–Kier alpha value is -2.43. The Bertz CT molecular complexity index is 556. The summed E-state index contributed by atoms with van der Waals surface area (Å²) in [4.78, 5) is 22.1. The van der Waals surface area contributed by atoms with Gasteiger partial charge >= 0.3 is 0 Å². The maximum absolute atomic E-state index is 12.3. The Labute approximate surface area is 112 Å². The molecule has 0 fully saturated rings. The zero-order valence-electron chi connectivity index (χ0n) is 10.8. The summed E-state index contributed by atoms with van der Waals surface area (Å²) in [7, 11) is 0. The van der Waals surface area contributed by atoms with E-state index in [1.54, 1.807) is 35.5 Å². The van der Waals surface area contributed by atoms with E-state index >= 15 is 0 Å². The maximum atomic E-state index is 12.3. The molecule has 0 unspecified atom stereocenters. The van der Waals surface area contributed by atoms with Crippen molar-refractivity contribution >= 4 is 11.7 Å². The Balaban J connectivity index is 2.16. The number of rotatable bonds is 4. The van der Waals surface area contributed by atoms with Crippen LogP contribution in [0.4, 0.5) is 5.82 Å². The lowest BCUT2D eigenvalue weighted by Crippen LogP contribution is -2.31. The number of carbonyl (C=O) groups is 1. The van der Waals surface area contributed by atoms with Crippen molar-refractivity contribution in [3.8, 4) is 0 Å². The summed E-state index contributed by atoms with van der Waals surface area (Å²) in [6, 6.07) is 8.85. The van der Waals surface area contributed by atoms with Gasteiger partial charge in [-0.1, -0.05) is 6.07 Å². The molecule has 2 rings (SSSR count). The standard InChI is InChI=1S/C14H16N4O/c1-2-18(10-11-6-8-16-9-7-11)14(19)12-4-3-5-13(15)17-12/h3-9H,2,10H2,1H3,(H2,15,17). The van der Waals surface area contributed by atoms with Crippen LogP contribution in [0, 0.1) is 0 Å². The number of anilines is 1. The predicted molar refractivity (Wildman–Crippen MR) is 73.3 cm³/mol. The number of hydrogen-bond donors (Lipinski definition) is 1. The lowest BCUT2D eigenvalue weighted by Gasteiger charge is -2.20. The molecule has 0 aliphatic rings. The summed E-state index contributed by atoms with van der Waals surface area (Å²) < 4.78 is 0. The molecule has 2 aromatic rings. The third-order valence-electron chi connectivity index (χ3n) is 2.78. The molecule has 0 saturated heterocycles. The molecule has 0 atom stereocenters. The van der Waals surface area contributed by atoms with Crippen molar-refractivity contribution < 1.29 is 4.79 Å². The summed E-state index contributed by atoms with van der Waals surface area (Å²) in [6.45, 7) is 3.08. The lowest BCUT2D eigenvalue weighted by atomic mass is 10.2. The van der Waals surface area contributed by atoms with Crippen LogP contribution in [0.1, 0.15) is 23.0 Å². The number of hydrogen-bond acceptors (Lipinski definition) is 4. The number of nitrogens with two attached hydrogens (primary N) is 1. The fraction of sp³-hybridized carbons (Fsp3) is 0.214. The Kier molecular flexibility index (Phi) is 4.07. The fourth-order valence-corrected chi connectivity index (χ4v) is 1.77. The van der Waals surface area contributed by atoms with Crippen molar-refractivity contribution in [2.24, 2.45) is 0 Å². The number of aromatic nitrogens is 2. The average molecular weight is 256 g/mol. The van der Waals surface area contributed by atoms with Crippen LogP contribution in [0.25, 0.3) is 0 Å². The third kappa shape index (κ3) is 3.28.